The second-order valence-corrected chi connectivity index (χ2v) is 7.10. The molecule has 3 rings (SSSR count). The van der Waals surface area contributed by atoms with Crippen molar-refractivity contribution in [3.8, 4) is 0 Å². The van der Waals surface area contributed by atoms with Crippen molar-refractivity contribution in [1.29, 1.82) is 0 Å². The third-order valence-electron chi connectivity index (χ3n) is 5.35. The van der Waals surface area contributed by atoms with Gasteiger partial charge in [0.1, 0.15) is 0 Å². The van der Waals surface area contributed by atoms with Gasteiger partial charge in [-0.05, 0) is 30.9 Å². The van der Waals surface area contributed by atoms with Crippen LogP contribution >= 0.6 is 0 Å². The number of aromatic nitrogens is 1. The molecule has 1 saturated carbocycles. The Morgan fingerprint density at radius 1 is 1.28 bits per heavy atom. The fourth-order valence-corrected chi connectivity index (χ4v) is 4.13. The van der Waals surface area contributed by atoms with E-state index < -0.39 is 0 Å². The Kier molecular flexibility index (Phi) is 6.02. The van der Waals surface area contributed by atoms with E-state index in [4.69, 9.17) is 0 Å². The molecule has 2 atom stereocenters. The van der Waals surface area contributed by atoms with E-state index in [-0.39, 0.29) is 23.8 Å². The first-order valence-electron chi connectivity index (χ1n) is 9.31. The molecular formula is C19H28N4O2. The van der Waals surface area contributed by atoms with Crippen LogP contribution in [0.4, 0.5) is 0 Å². The summed E-state index contributed by atoms with van der Waals surface area (Å²) in [6, 6.07) is 4.09. The van der Waals surface area contributed by atoms with Crippen LogP contribution < -0.4 is 5.32 Å². The van der Waals surface area contributed by atoms with Crippen LogP contribution in [0.15, 0.2) is 24.5 Å². The first kappa shape index (κ1) is 17.9. The van der Waals surface area contributed by atoms with E-state index in [1.165, 1.54) is 5.56 Å². The molecular weight excluding hydrogens is 316 g/mol. The molecule has 6 nitrogen and oxygen atoms in total. The third kappa shape index (κ3) is 4.57. The van der Waals surface area contributed by atoms with Gasteiger partial charge in [-0.2, -0.15) is 0 Å². The zero-order valence-electron chi connectivity index (χ0n) is 15.0. The molecule has 1 aliphatic heterocycles. The van der Waals surface area contributed by atoms with Gasteiger partial charge in [0.2, 0.25) is 11.8 Å². The third-order valence-corrected chi connectivity index (χ3v) is 5.35. The summed E-state index contributed by atoms with van der Waals surface area (Å²) in [5.74, 6) is 0.147. The summed E-state index contributed by atoms with van der Waals surface area (Å²) >= 11 is 0. The van der Waals surface area contributed by atoms with Crippen LogP contribution in [-0.4, -0.2) is 58.8 Å². The first-order valence-corrected chi connectivity index (χ1v) is 9.31. The van der Waals surface area contributed by atoms with E-state index >= 15 is 0 Å². The highest BCUT2D eigenvalue weighted by Gasteiger charge is 2.37. The minimum absolute atomic E-state index is 0.0474. The summed E-state index contributed by atoms with van der Waals surface area (Å²) in [6.45, 7) is 5.55. The van der Waals surface area contributed by atoms with Gasteiger partial charge in [-0.15, -0.1) is 0 Å². The first-order chi connectivity index (χ1) is 12.1. The van der Waals surface area contributed by atoms with Crippen LogP contribution in [0.3, 0.4) is 0 Å². The van der Waals surface area contributed by atoms with E-state index in [1.54, 1.807) is 13.1 Å². The van der Waals surface area contributed by atoms with Gasteiger partial charge in [0, 0.05) is 58.1 Å². The normalized spacial score (nSPS) is 25.8. The molecule has 2 heterocycles. The van der Waals surface area contributed by atoms with Crippen molar-refractivity contribution in [2.24, 2.45) is 5.92 Å². The molecule has 1 aliphatic carbocycles. The molecule has 2 amide bonds. The smallest absolute Gasteiger partial charge is 0.225 e. The molecule has 2 fully saturated rings. The molecule has 25 heavy (non-hydrogen) atoms. The predicted molar refractivity (Wildman–Crippen MR) is 95.7 cm³/mol. The molecule has 1 aromatic rings. The highest BCUT2D eigenvalue weighted by atomic mass is 16.2. The molecule has 2 unspecified atom stereocenters. The van der Waals surface area contributed by atoms with Crippen LogP contribution in [0, 0.1) is 5.92 Å². The molecule has 136 valence electrons. The summed E-state index contributed by atoms with van der Waals surface area (Å²) in [5.41, 5.74) is 1.17. The number of carbonyl (C=O) groups is 2. The van der Waals surface area contributed by atoms with Gasteiger partial charge < -0.3 is 10.2 Å². The summed E-state index contributed by atoms with van der Waals surface area (Å²) in [6.07, 6.45) is 7.45. The van der Waals surface area contributed by atoms with Gasteiger partial charge in [-0.25, -0.2) is 0 Å². The zero-order valence-corrected chi connectivity index (χ0v) is 15.0. The van der Waals surface area contributed by atoms with E-state index in [2.05, 4.69) is 21.3 Å². The Morgan fingerprint density at radius 3 is 2.92 bits per heavy atom. The second-order valence-electron chi connectivity index (χ2n) is 7.10. The predicted octanol–water partition coefficient (Wildman–Crippen LogP) is 1.42. The van der Waals surface area contributed by atoms with Gasteiger partial charge in [-0.1, -0.05) is 12.5 Å². The molecule has 0 spiro atoms. The Hall–Kier alpha value is -1.95. The number of hydrogen-bond acceptors (Lipinski definition) is 4. The number of nitrogens with zero attached hydrogens (tertiary/aromatic N) is 3. The largest absolute Gasteiger partial charge is 0.355 e. The summed E-state index contributed by atoms with van der Waals surface area (Å²) in [5, 5.41) is 3.09. The fourth-order valence-electron chi connectivity index (χ4n) is 4.13. The lowest BCUT2D eigenvalue weighted by molar-refractivity contribution is -0.134. The van der Waals surface area contributed by atoms with Gasteiger partial charge in [0.25, 0.3) is 0 Å². The van der Waals surface area contributed by atoms with E-state index in [0.717, 1.165) is 51.9 Å². The van der Waals surface area contributed by atoms with Crippen LogP contribution in [0.2, 0.25) is 0 Å². The quantitative estimate of drug-likeness (QED) is 0.881. The van der Waals surface area contributed by atoms with Gasteiger partial charge in [-0.3, -0.25) is 19.5 Å². The Morgan fingerprint density at radius 2 is 2.16 bits per heavy atom. The van der Waals surface area contributed by atoms with Crippen molar-refractivity contribution in [3.05, 3.63) is 30.1 Å². The van der Waals surface area contributed by atoms with Gasteiger partial charge in [0.15, 0.2) is 0 Å². The lowest BCUT2D eigenvalue weighted by atomic mass is 10.0. The molecule has 0 aromatic carbocycles. The van der Waals surface area contributed by atoms with Crippen molar-refractivity contribution in [3.63, 3.8) is 0 Å². The average Bonchev–Trinajstić information content (AvgIpc) is 3.07. The van der Waals surface area contributed by atoms with Crippen LogP contribution in [0.1, 0.15) is 38.2 Å². The van der Waals surface area contributed by atoms with Gasteiger partial charge in [0.05, 0.1) is 5.92 Å². The van der Waals surface area contributed by atoms with Crippen molar-refractivity contribution >= 4 is 11.8 Å². The maximum Gasteiger partial charge on any atom is 0.225 e. The molecule has 1 aromatic heterocycles. The summed E-state index contributed by atoms with van der Waals surface area (Å²) in [4.78, 5) is 33.2. The molecule has 6 heteroatoms. The van der Waals surface area contributed by atoms with Crippen molar-refractivity contribution in [2.45, 2.75) is 45.2 Å². The lowest BCUT2D eigenvalue weighted by Gasteiger charge is -2.31. The monoisotopic (exact) mass is 344 g/mol. The number of amides is 2. The minimum Gasteiger partial charge on any atom is -0.355 e. The van der Waals surface area contributed by atoms with Crippen molar-refractivity contribution < 1.29 is 9.59 Å². The Balaban J connectivity index is 1.69. The number of nitrogens with one attached hydrogen (secondary N) is 1. The van der Waals surface area contributed by atoms with Crippen LogP contribution in [0.5, 0.6) is 0 Å². The Labute approximate surface area is 149 Å². The lowest BCUT2D eigenvalue weighted by Crippen LogP contribution is -2.46. The molecule has 2 aliphatic rings. The molecule has 1 saturated heterocycles. The van der Waals surface area contributed by atoms with E-state index in [0.29, 0.717) is 6.54 Å². The molecule has 1 N–H and O–H groups in total. The highest BCUT2D eigenvalue weighted by Crippen LogP contribution is 2.30. The van der Waals surface area contributed by atoms with Crippen molar-refractivity contribution in [1.82, 2.24) is 20.1 Å². The number of fused-ring (bicyclic) bond motifs is 1. The Bertz CT molecular complexity index is 592. The molecule has 0 bridgehead atoms. The topological polar surface area (TPSA) is 65.5 Å². The average molecular weight is 344 g/mol. The minimum atomic E-state index is -0.0474. The van der Waals surface area contributed by atoms with E-state index in [9.17, 15) is 9.59 Å². The maximum absolute atomic E-state index is 12.6. The molecule has 0 radical (unpaired) electrons. The number of rotatable bonds is 2. The number of hydrogen-bond donors (Lipinski definition) is 1. The standard InChI is InChI=1S/C19H28N4O2/c1-15(24)23-11-4-10-22(14-16-5-3-8-20-13-16)12-9-21-19(25)17-6-2-7-18(17)23/h3,5,8,13,17-18H,2,4,6-7,9-12,14H2,1H3,(H,21,25). The van der Waals surface area contributed by atoms with E-state index in [1.807, 2.05) is 17.2 Å². The number of carbonyl (C=O) groups excluding carboxylic acids is 2. The summed E-state index contributed by atoms with van der Waals surface area (Å²) in [7, 11) is 0. The maximum atomic E-state index is 12.6. The highest BCUT2D eigenvalue weighted by molar-refractivity contribution is 5.81. The fraction of sp³-hybridized carbons (Fsp3) is 0.632. The van der Waals surface area contributed by atoms with Gasteiger partial charge >= 0.3 is 0 Å². The van der Waals surface area contributed by atoms with Crippen molar-refractivity contribution in [2.75, 3.05) is 26.2 Å². The zero-order chi connectivity index (χ0) is 17.6. The van der Waals surface area contributed by atoms with Crippen LogP contribution in [-0.2, 0) is 16.1 Å². The second kappa shape index (κ2) is 8.43. The summed E-state index contributed by atoms with van der Waals surface area (Å²) < 4.78 is 0. The SMILES string of the molecule is CC(=O)N1CCCN(Cc2cccnc2)CCNC(=O)C2CCCC21. The van der Waals surface area contributed by atoms with Crippen LogP contribution in [0.25, 0.3) is 0 Å². The number of pyridine rings is 1.